The van der Waals surface area contributed by atoms with Crippen molar-refractivity contribution in [1.82, 2.24) is 19.6 Å². The van der Waals surface area contributed by atoms with E-state index in [0.29, 0.717) is 5.15 Å². The second-order valence-corrected chi connectivity index (χ2v) is 8.28. The van der Waals surface area contributed by atoms with Crippen molar-refractivity contribution in [1.29, 1.82) is 0 Å². The van der Waals surface area contributed by atoms with E-state index in [0.717, 1.165) is 49.7 Å². The van der Waals surface area contributed by atoms with Gasteiger partial charge in [0.2, 0.25) is 5.91 Å². The van der Waals surface area contributed by atoms with Crippen molar-refractivity contribution >= 4 is 17.5 Å². The Balaban J connectivity index is 1.68. The molecule has 1 fully saturated rings. The Bertz CT molecular complexity index is 771. The highest BCUT2D eigenvalue weighted by molar-refractivity contribution is 6.30. The van der Waals surface area contributed by atoms with Crippen LogP contribution in [0.25, 0.3) is 5.69 Å². The molecular weight excluding hydrogens is 348 g/mol. The second-order valence-electron chi connectivity index (χ2n) is 7.92. The molecule has 6 heteroatoms. The van der Waals surface area contributed by atoms with Gasteiger partial charge in [0.1, 0.15) is 5.15 Å². The molecule has 140 valence electrons. The molecule has 26 heavy (non-hydrogen) atoms. The van der Waals surface area contributed by atoms with E-state index in [2.05, 4.69) is 10.00 Å². The van der Waals surface area contributed by atoms with Crippen molar-refractivity contribution < 1.29 is 4.79 Å². The van der Waals surface area contributed by atoms with E-state index in [1.54, 1.807) is 4.68 Å². The van der Waals surface area contributed by atoms with E-state index < -0.39 is 0 Å². The Hall–Kier alpha value is -1.85. The van der Waals surface area contributed by atoms with Crippen LogP contribution in [0.1, 0.15) is 32.0 Å². The summed E-state index contributed by atoms with van der Waals surface area (Å²) in [7, 11) is 0. The van der Waals surface area contributed by atoms with Crippen LogP contribution in [0.15, 0.2) is 30.3 Å². The van der Waals surface area contributed by atoms with Gasteiger partial charge >= 0.3 is 0 Å². The van der Waals surface area contributed by atoms with Gasteiger partial charge in [-0.25, -0.2) is 4.68 Å². The molecule has 1 amide bonds. The highest BCUT2D eigenvalue weighted by atomic mass is 35.5. The van der Waals surface area contributed by atoms with Crippen LogP contribution >= 0.6 is 11.6 Å². The van der Waals surface area contributed by atoms with Crippen LogP contribution in [0, 0.1) is 12.3 Å². The van der Waals surface area contributed by atoms with Crippen molar-refractivity contribution in [3.63, 3.8) is 0 Å². The summed E-state index contributed by atoms with van der Waals surface area (Å²) >= 11 is 6.63. The van der Waals surface area contributed by atoms with Gasteiger partial charge in [0, 0.05) is 43.7 Å². The van der Waals surface area contributed by atoms with Gasteiger partial charge in [-0.05, 0) is 19.1 Å². The van der Waals surface area contributed by atoms with Crippen molar-refractivity contribution in [3.8, 4) is 5.69 Å². The molecule has 0 atom stereocenters. The maximum Gasteiger partial charge on any atom is 0.228 e. The molecule has 0 saturated carbocycles. The lowest BCUT2D eigenvalue weighted by atomic mass is 9.94. The number of nitrogens with zero attached hydrogens (tertiary/aromatic N) is 4. The van der Waals surface area contributed by atoms with Gasteiger partial charge in [0.15, 0.2) is 0 Å². The maximum absolute atomic E-state index is 12.4. The number of amides is 1. The van der Waals surface area contributed by atoms with Gasteiger partial charge < -0.3 is 4.90 Å². The summed E-state index contributed by atoms with van der Waals surface area (Å²) in [6.45, 7) is 11.9. The Morgan fingerprint density at radius 1 is 1.12 bits per heavy atom. The minimum atomic E-state index is -0.321. The van der Waals surface area contributed by atoms with Gasteiger partial charge in [-0.15, -0.1) is 0 Å². The van der Waals surface area contributed by atoms with Crippen LogP contribution in [-0.2, 0) is 11.3 Å². The first-order valence-electron chi connectivity index (χ1n) is 9.08. The number of halogens is 1. The molecule has 2 aromatic rings. The van der Waals surface area contributed by atoms with E-state index in [-0.39, 0.29) is 11.3 Å². The molecule has 1 aliphatic rings. The summed E-state index contributed by atoms with van der Waals surface area (Å²) in [6, 6.07) is 9.94. The number of benzene rings is 1. The first-order chi connectivity index (χ1) is 12.3. The molecule has 0 aliphatic carbocycles. The molecule has 1 saturated heterocycles. The van der Waals surface area contributed by atoms with Gasteiger partial charge in [0.25, 0.3) is 0 Å². The molecule has 3 rings (SSSR count). The first-order valence-corrected chi connectivity index (χ1v) is 9.46. The third-order valence-corrected chi connectivity index (χ3v) is 5.19. The van der Waals surface area contributed by atoms with E-state index in [4.69, 9.17) is 11.6 Å². The molecular formula is C20H27ClN4O. The molecule has 1 aromatic heterocycles. The van der Waals surface area contributed by atoms with Crippen LogP contribution < -0.4 is 0 Å². The monoisotopic (exact) mass is 374 g/mol. The fraction of sp³-hybridized carbons (Fsp3) is 0.500. The summed E-state index contributed by atoms with van der Waals surface area (Å²) < 4.78 is 1.80. The number of aromatic nitrogens is 2. The minimum Gasteiger partial charge on any atom is -0.340 e. The zero-order valence-electron chi connectivity index (χ0n) is 16.0. The van der Waals surface area contributed by atoms with Gasteiger partial charge in [-0.3, -0.25) is 9.69 Å². The molecule has 0 bridgehead atoms. The summed E-state index contributed by atoms with van der Waals surface area (Å²) in [5, 5.41) is 5.28. The molecule has 1 aromatic carbocycles. The SMILES string of the molecule is Cc1nn(-c2ccccc2)c(Cl)c1CN1CCN(C(=O)C(C)(C)C)CC1. The summed E-state index contributed by atoms with van der Waals surface area (Å²) in [6.07, 6.45) is 0. The smallest absolute Gasteiger partial charge is 0.228 e. The van der Waals surface area contributed by atoms with Gasteiger partial charge in [-0.2, -0.15) is 5.10 Å². The van der Waals surface area contributed by atoms with E-state index >= 15 is 0 Å². The number of rotatable bonds is 3. The third kappa shape index (κ3) is 3.94. The third-order valence-electron chi connectivity index (χ3n) is 4.81. The molecule has 5 nitrogen and oxygen atoms in total. The van der Waals surface area contributed by atoms with Crippen LogP contribution in [-0.4, -0.2) is 51.7 Å². The Morgan fingerprint density at radius 3 is 2.31 bits per heavy atom. The zero-order chi connectivity index (χ0) is 18.9. The predicted octanol–water partition coefficient (Wildman–Crippen LogP) is 3.52. The van der Waals surface area contributed by atoms with Crippen LogP contribution in [0.2, 0.25) is 5.15 Å². The lowest BCUT2D eigenvalue weighted by molar-refractivity contribution is -0.141. The Labute approximate surface area is 160 Å². The van der Waals surface area contributed by atoms with Gasteiger partial charge in [-0.1, -0.05) is 50.6 Å². The number of piperazine rings is 1. The Kier molecular flexibility index (Phi) is 5.39. The highest BCUT2D eigenvalue weighted by Gasteiger charge is 2.30. The normalized spacial score (nSPS) is 16.1. The quantitative estimate of drug-likeness (QED) is 0.825. The second kappa shape index (κ2) is 7.41. The molecule has 2 heterocycles. The van der Waals surface area contributed by atoms with Crippen molar-refractivity contribution in [2.24, 2.45) is 5.41 Å². The van der Waals surface area contributed by atoms with E-state index in [1.165, 1.54) is 0 Å². The van der Waals surface area contributed by atoms with Crippen LogP contribution in [0.5, 0.6) is 0 Å². The molecule has 0 N–H and O–H groups in total. The van der Waals surface area contributed by atoms with E-state index in [9.17, 15) is 4.79 Å². The predicted molar refractivity (Wildman–Crippen MR) is 105 cm³/mol. The largest absolute Gasteiger partial charge is 0.340 e. The molecule has 0 spiro atoms. The number of hydrogen-bond donors (Lipinski definition) is 0. The van der Waals surface area contributed by atoms with E-state index in [1.807, 2.05) is 62.9 Å². The standard InChI is InChI=1S/C20H27ClN4O/c1-15-17(18(21)25(22-15)16-8-6-5-7-9-16)14-23-10-12-24(13-11-23)19(26)20(2,3)4/h5-9H,10-14H2,1-4H3. The van der Waals surface area contributed by atoms with Crippen LogP contribution in [0.4, 0.5) is 0 Å². The van der Waals surface area contributed by atoms with Crippen molar-refractivity contribution in [2.45, 2.75) is 34.2 Å². The van der Waals surface area contributed by atoms with Crippen molar-refractivity contribution in [2.75, 3.05) is 26.2 Å². The summed E-state index contributed by atoms with van der Waals surface area (Å²) in [5.74, 6) is 0.225. The van der Waals surface area contributed by atoms with Gasteiger partial charge in [0.05, 0.1) is 11.4 Å². The van der Waals surface area contributed by atoms with Crippen LogP contribution in [0.3, 0.4) is 0 Å². The lowest BCUT2D eigenvalue weighted by Gasteiger charge is -2.37. The molecule has 0 unspecified atom stereocenters. The molecule has 1 aliphatic heterocycles. The number of hydrogen-bond acceptors (Lipinski definition) is 3. The highest BCUT2D eigenvalue weighted by Crippen LogP contribution is 2.26. The van der Waals surface area contributed by atoms with Crippen molar-refractivity contribution in [3.05, 3.63) is 46.7 Å². The number of aryl methyl sites for hydroxylation is 1. The Morgan fingerprint density at radius 2 is 1.73 bits per heavy atom. The number of para-hydroxylation sites is 1. The molecule has 0 radical (unpaired) electrons. The fourth-order valence-corrected chi connectivity index (χ4v) is 3.59. The minimum absolute atomic E-state index is 0.225. The fourth-order valence-electron chi connectivity index (χ4n) is 3.26. The number of carbonyl (C=O) groups excluding carboxylic acids is 1. The average Bonchev–Trinajstić information content (AvgIpc) is 2.90. The first kappa shape index (κ1) is 18.9. The average molecular weight is 375 g/mol. The zero-order valence-corrected chi connectivity index (χ0v) is 16.8. The summed E-state index contributed by atoms with van der Waals surface area (Å²) in [4.78, 5) is 16.7. The lowest BCUT2D eigenvalue weighted by Crippen LogP contribution is -2.51. The number of carbonyl (C=O) groups is 1. The summed E-state index contributed by atoms with van der Waals surface area (Å²) in [5.41, 5.74) is 2.66. The topological polar surface area (TPSA) is 41.4 Å². The maximum atomic E-state index is 12.4.